The lowest BCUT2D eigenvalue weighted by atomic mass is 9.87. The molecule has 1 aromatic rings. The van der Waals surface area contributed by atoms with Gasteiger partial charge in [-0.2, -0.15) is 0 Å². The van der Waals surface area contributed by atoms with Crippen molar-refractivity contribution in [1.82, 2.24) is 4.90 Å². The first-order chi connectivity index (χ1) is 13.5. The van der Waals surface area contributed by atoms with Crippen LogP contribution in [0.15, 0.2) is 45.9 Å². The van der Waals surface area contributed by atoms with Gasteiger partial charge in [-0.3, -0.25) is 4.90 Å². The van der Waals surface area contributed by atoms with Crippen molar-refractivity contribution in [1.29, 1.82) is 0 Å². The number of nitrogens with zero attached hydrogens (tertiary/aromatic N) is 2. The number of halogens is 1. The first kappa shape index (κ1) is 21.4. The molecule has 0 spiro atoms. The Hall–Kier alpha value is -1.30. The molecule has 1 heterocycles. The zero-order valence-electron chi connectivity index (χ0n) is 17.1. The fraction of sp³-hybridized carbons (Fsp3) is 0.565. The van der Waals surface area contributed by atoms with Gasteiger partial charge in [-0.1, -0.05) is 5.57 Å². The number of hydrogen-bond acceptors (Lipinski definition) is 4. The predicted molar refractivity (Wildman–Crippen MR) is 119 cm³/mol. The summed E-state index contributed by atoms with van der Waals surface area (Å²) in [4.78, 5) is 5.88. The Morgan fingerprint density at radius 2 is 1.71 bits per heavy atom. The van der Waals surface area contributed by atoms with Gasteiger partial charge in [0.25, 0.3) is 0 Å². The molecule has 0 amide bonds. The molecule has 1 fully saturated rings. The maximum absolute atomic E-state index is 13.1. The third-order valence-corrected chi connectivity index (χ3v) is 6.41. The van der Waals surface area contributed by atoms with E-state index in [1.165, 1.54) is 36.1 Å². The summed E-state index contributed by atoms with van der Waals surface area (Å²) in [7, 11) is 0. The van der Waals surface area contributed by atoms with E-state index in [0.717, 1.165) is 68.2 Å². The molecule has 1 saturated heterocycles. The fourth-order valence-corrected chi connectivity index (χ4v) is 4.74. The highest BCUT2D eigenvalue weighted by Crippen LogP contribution is 2.35. The number of thiol groups is 1. The number of benzene rings is 1. The standard InChI is InChI=1S/C23H33FN2OS/c1-17(2)23(20-5-3-4-6-22(20)28)21(27)11-12-25-13-15-26(16-14-25)19-9-7-18(24)8-10-19/h7-10,21,27-28H,3-6,11-16H2,1-2H3. The molecular weight excluding hydrogens is 371 g/mol. The van der Waals surface area contributed by atoms with Crippen LogP contribution in [0, 0.1) is 5.82 Å². The van der Waals surface area contributed by atoms with E-state index in [1.807, 2.05) is 12.1 Å². The molecule has 1 atom stereocenters. The Balaban J connectivity index is 1.53. The van der Waals surface area contributed by atoms with Crippen molar-refractivity contribution in [3.63, 3.8) is 0 Å². The summed E-state index contributed by atoms with van der Waals surface area (Å²) in [5.41, 5.74) is 4.69. The number of aliphatic hydroxyl groups excluding tert-OH is 1. The van der Waals surface area contributed by atoms with E-state index in [2.05, 4.69) is 23.6 Å². The Morgan fingerprint density at radius 3 is 2.32 bits per heavy atom. The SMILES string of the molecule is CC(C)=C(C1=C(S)CCCC1)C(O)CCN1CCN(c2ccc(F)cc2)CC1. The Morgan fingerprint density at radius 1 is 1.07 bits per heavy atom. The van der Waals surface area contributed by atoms with E-state index in [1.54, 1.807) is 0 Å². The van der Waals surface area contributed by atoms with E-state index in [9.17, 15) is 9.50 Å². The van der Waals surface area contributed by atoms with Crippen LogP contribution >= 0.6 is 12.6 Å². The molecule has 28 heavy (non-hydrogen) atoms. The van der Waals surface area contributed by atoms with Gasteiger partial charge >= 0.3 is 0 Å². The summed E-state index contributed by atoms with van der Waals surface area (Å²) >= 11 is 4.70. The average Bonchev–Trinajstić information content (AvgIpc) is 2.69. The molecule has 0 aromatic heterocycles. The minimum Gasteiger partial charge on any atom is -0.388 e. The van der Waals surface area contributed by atoms with E-state index < -0.39 is 6.10 Å². The third-order valence-electron chi connectivity index (χ3n) is 5.92. The molecule has 1 aliphatic carbocycles. The van der Waals surface area contributed by atoms with Gasteiger partial charge in [-0.25, -0.2) is 4.39 Å². The van der Waals surface area contributed by atoms with Gasteiger partial charge in [0, 0.05) is 38.4 Å². The minimum atomic E-state index is -0.421. The summed E-state index contributed by atoms with van der Waals surface area (Å²) in [6.07, 6.45) is 4.79. The molecule has 3 rings (SSSR count). The van der Waals surface area contributed by atoms with Crippen molar-refractivity contribution in [3.05, 3.63) is 51.7 Å². The molecule has 1 unspecified atom stereocenters. The Kier molecular flexibility index (Phi) is 7.61. The van der Waals surface area contributed by atoms with Gasteiger partial charge in [0.1, 0.15) is 5.82 Å². The van der Waals surface area contributed by atoms with Gasteiger partial charge in [0.15, 0.2) is 0 Å². The lowest BCUT2D eigenvalue weighted by molar-refractivity contribution is 0.165. The number of anilines is 1. The van der Waals surface area contributed by atoms with Crippen LogP contribution in [-0.4, -0.2) is 48.8 Å². The zero-order chi connectivity index (χ0) is 20.1. The number of piperazine rings is 1. The molecule has 1 aromatic carbocycles. The number of rotatable bonds is 6. The van der Waals surface area contributed by atoms with Crippen molar-refractivity contribution in [2.75, 3.05) is 37.6 Å². The minimum absolute atomic E-state index is 0.191. The molecule has 2 aliphatic rings. The van der Waals surface area contributed by atoms with Crippen LogP contribution < -0.4 is 4.90 Å². The first-order valence-corrected chi connectivity index (χ1v) is 10.9. The van der Waals surface area contributed by atoms with Crippen LogP contribution in [-0.2, 0) is 0 Å². The van der Waals surface area contributed by atoms with Gasteiger partial charge in [-0.15, -0.1) is 12.6 Å². The zero-order valence-corrected chi connectivity index (χ0v) is 18.0. The smallest absolute Gasteiger partial charge is 0.123 e. The fourth-order valence-electron chi connectivity index (χ4n) is 4.35. The quantitative estimate of drug-likeness (QED) is 0.667. The summed E-state index contributed by atoms with van der Waals surface area (Å²) in [5.74, 6) is -0.191. The van der Waals surface area contributed by atoms with Crippen molar-refractivity contribution < 1.29 is 9.50 Å². The van der Waals surface area contributed by atoms with Crippen molar-refractivity contribution in [2.24, 2.45) is 0 Å². The van der Waals surface area contributed by atoms with Crippen molar-refractivity contribution in [2.45, 2.75) is 52.1 Å². The van der Waals surface area contributed by atoms with Crippen molar-refractivity contribution in [3.8, 4) is 0 Å². The molecule has 0 radical (unpaired) electrons. The molecular formula is C23H33FN2OS. The lowest BCUT2D eigenvalue weighted by Gasteiger charge is -2.36. The Labute approximate surface area is 174 Å². The molecule has 1 aliphatic heterocycles. The van der Waals surface area contributed by atoms with Crippen LogP contribution in [0.2, 0.25) is 0 Å². The second-order valence-electron chi connectivity index (χ2n) is 8.16. The summed E-state index contributed by atoms with van der Waals surface area (Å²) in [6.45, 7) is 8.89. The topological polar surface area (TPSA) is 26.7 Å². The summed E-state index contributed by atoms with van der Waals surface area (Å²) in [6, 6.07) is 6.74. The van der Waals surface area contributed by atoms with E-state index in [4.69, 9.17) is 12.6 Å². The van der Waals surface area contributed by atoms with Gasteiger partial charge < -0.3 is 10.0 Å². The van der Waals surface area contributed by atoms with Gasteiger partial charge in [0.05, 0.1) is 6.10 Å². The molecule has 154 valence electrons. The molecule has 0 saturated carbocycles. The maximum atomic E-state index is 13.1. The van der Waals surface area contributed by atoms with Crippen LogP contribution in [0.25, 0.3) is 0 Å². The molecule has 0 bridgehead atoms. The van der Waals surface area contributed by atoms with E-state index >= 15 is 0 Å². The normalized spacial score (nSPS) is 19.7. The van der Waals surface area contributed by atoms with Crippen LogP contribution in [0.1, 0.15) is 46.0 Å². The highest BCUT2D eigenvalue weighted by atomic mass is 32.1. The molecule has 5 heteroatoms. The summed E-state index contributed by atoms with van der Waals surface area (Å²) in [5, 5.41) is 10.9. The van der Waals surface area contributed by atoms with E-state index in [0.29, 0.717) is 0 Å². The summed E-state index contributed by atoms with van der Waals surface area (Å²) < 4.78 is 13.1. The third kappa shape index (κ3) is 5.40. The monoisotopic (exact) mass is 404 g/mol. The van der Waals surface area contributed by atoms with Gasteiger partial charge in [0.2, 0.25) is 0 Å². The predicted octanol–water partition coefficient (Wildman–Crippen LogP) is 4.79. The van der Waals surface area contributed by atoms with E-state index in [-0.39, 0.29) is 5.82 Å². The average molecular weight is 405 g/mol. The highest BCUT2D eigenvalue weighted by Gasteiger charge is 2.23. The number of hydrogen-bond donors (Lipinski definition) is 2. The lowest BCUT2D eigenvalue weighted by Crippen LogP contribution is -2.47. The maximum Gasteiger partial charge on any atom is 0.123 e. The second-order valence-corrected chi connectivity index (χ2v) is 8.70. The highest BCUT2D eigenvalue weighted by molar-refractivity contribution is 7.84. The number of allylic oxidation sites excluding steroid dienone is 2. The van der Waals surface area contributed by atoms with Crippen molar-refractivity contribution >= 4 is 18.3 Å². The van der Waals surface area contributed by atoms with Crippen LogP contribution in [0.5, 0.6) is 0 Å². The van der Waals surface area contributed by atoms with Crippen LogP contribution in [0.4, 0.5) is 10.1 Å². The number of aliphatic hydroxyl groups is 1. The molecule has 3 nitrogen and oxygen atoms in total. The molecule has 1 N–H and O–H groups in total. The van der Waals surface area contributed by atoms with Crippen LogP contribution in [0.3, 0.4) is 0 Å². The van der Waals surface area contributed by atoms with Gasteiger partial charge in [-0.05, 0) is 86.3 Å². The Bertz CT molecular complexity index is 717. The second kappa shape index (κ2) is 9.95. The largest absolute Gasteiger partial charge is 0.388 e. The first-order valence-electron chi connectivity index (χ1n) is 10.5.